The number of azo groups is 1. The average molecular weight is 222 g/mol. The van der Waals surface area contributed by atoms with Crippen LogP contribution in [0.2, 0.25) is 0 Å². The Labute approximate surface area is 98.5 Å². The fourth-order valence-corrected chi connectivity index (χ4v) is 1.23. The van der Waals surface area contributed by atoms with Crippen LogP contribution in [0.1, 0.15) is 5.56 Å². The van der Waals surface area contributed by atoms with E-state index in [1.807, 2.05) is 6.07 Å². The van der Waals surface area contributed by atoms with Gasteiger partial charge in [0, 0.05) is 0 Å². The van der Waals surface area contributed by atoms with Gasteiger partial charge in [-0.05, 0) is 48.5 Å². The topological polar surface area (TPSA) is 68.4 Å². The van der Waals surface area contributed by atoms with Crippen LogP contribution in [0.15, 0.2) is 58.8 Å². The zero-order valence-corrected chi connectivity index (χ0v) is 8.87. The number of nitrogens with zero attached hydrogens (tertiary/aromatic N) is 3. The summed E-state index contributed by atoms with van der Waals surface area (Å²) in [5, 5.41) is 27.5. The van der Waals surface area contributed by atoms with Gasteiger partial charge in [0.25, 0.3) is 0 Å². The quantitative estimate of drug-likeness (QED) is 0.704. The molecule has 81 valence electrons. The van der Waals surface area contributed by atoms with Gasteiger partial charge in [-0.1, -0.05) is 0 Å². The lowest BCUT2D eigenvalue weighted by Crippen LogP contribution is -1.70. The molecule has 0 aromatic heterocycles. The Bertz CT molecular complexity index is 565. The molecule has 0 amide bonds. The van der Waals surface area contributed by atoms with Gasteiger partial charge in [0.1, 0.15) is 0 Å². The van der Waals surface area contributed by atoms with Crippen LogP contribution < -0.4 is 0 Å². The third-order valence-electron chi connectivity index (χ3n) is 2.11. The number of hydrogen-bond donors (Lipinski definition) is 0. The molecule has 2 rings (SSSR count). The summed E-state index contributed by atoms with van der Waals surface area (Å²) in [6, 6.07) is 14.9. The molecule has 4 heteroatoms. The molecule has 0 heterocycles. The predicted molar refractivity (Wildman–Crippen MR) is 61.9 cm³/mol. The van der Waals surface area contributed by atoms with E-state index >= 15 is 0 Å². The van der Waals surface area contributed by atoms with Crippen LogP contribution in [-0.2, 0) is 5.11 Å². The van der Waals surface area contributed by atoms with Crippen LogP contribution in [0, 0.1) is 11.3 Å². The van der Waals surface area contributed by atoms with Crippen LogP contribution in [0.3, 0.4) is 0 Å². The lowest BCUT2D eigenvalue weighted by atomic mass is 10.2. The predicted octanol–water partition coefficient (Wildman–Crippen LogP) is 4.12. The molecule has 1 radical (unpaired) electrons. The van der Waals surface area contributed by atoms with Crippen LogP contribution in [0.25, 0.3) is 0 Å². The monoisotopic (exact) mass is 222 g/mol. The highest BCUT2D eigenvalue weighted by molar-refractivity contribution is 5.44. The summed E-state index contributed by atoms with van der Waals surface area (Å²) in [6.07, 6.45) is 0. The Balaban J connectivity index is 2.14. The van der Waals surface area contributed by atoms with Crippen LogP contribution in [-0.4, -0.2) is 0 Å². The van der Waals surface area contributed by atoms with Crippen molar-refractivity contribution in [3.05, 3.63) is 54.1 Å². The van der Waals surface area contributed by atoms with Gasteiger partial charge in [0.05, 0.1) is 23.0 Å². The molecule has 4 nitrogen and oxygen atoms in total. The van der Waals surface area contributed by atoms with Gasteiger partial charge in [-0.2, -0.15) is 15.5 Å². The Morgan fingerprint density at radius 1 is 0.824 bits per heavy atom. The van der Waals surface area contributed by atoms with Gasteiger partial charge in [-0.3, -0.25) is 5.11 Å². The standard InChI is InChI=1S/C13H8N3O/c14-9-10-1-3-11(4-2-10)15-16-12-5-7-13(17)8-6-12/h1-8H/b16-15+. The Kier molecular flexibility index (Phi) is 3.13. The minimum Gasteiger partial charge on any atom is -0.290 e. The molecule has 0 unspecified atom stereocenters. The fourth-order valence-electron chi connectivity index (χ4n) is 1.23. The van der Waals surface area contributed by atoms with Gasteiger partial charge in [-0.15, -0.1) is 0 Å². The molecule has 0 bridgehead atoms. The van der Waals surface area contributed by atoms with E-state index in [1.165, 1.54) is 12.1 Å². The maximum atomic E-state index is 10.9. The first kappa shape index (κ1) is 10.8. The summed E-state index contributed by atoms with van der Waals surface area (Å²) >= 11 is 0. The van der Waals surface area contributed by atoms with E-state index < -0.39 is 0 Å². The van der Waals surface area contributed by atoms with Crippen molar-refractivity contribution < 1.29 is 5.11 Å². The van der Waals surface area contributed by atoms with Crippen LogP contribution in [0.5, 0.6) is 5.75 Å². The van der Waals surface area contributed by atoms with Crippen molar-refractivity contribution in [2.24, 2.45) is 10.2 Å². The molecule has 2 aromatic rings. The van der Waals surface area contributed by atoms with Crippen molar-refractivity contribution in [1.29, 1.82) is 5.26 Å². The van der Waals surface area contributed by atoms with E-state index in [-0.39, 0.29) is 5.75 Å². The van der Waals surface area contributed by atoms with Gasteiger partial charge in [-0.25, -0.2) is 0 Å². The molecule has 0 atom stereocenters. The second kappa shape index (κ2) is 4.90. The summed E-state index contributed by atoms with van der Waals surface area (Å²) in [7, 11) is 0. The number of rotatable bonds is 2. The van der Waals surface area contributed by atoms with Crippen molar-refractivity contribution in [2.45, 2.75) is 0 Å². The van der Waals surface area contributed by atoms with E-state index in [9.17, 15) is 5.11 Å². The van der Waals surface area contributed by atoms with Crippen molar-refractivity contribution in [3.8, 4) is 11.8 Å². The zero-order chi connectivity index (χ0) is 12.1. The number of hydrogen-bond acceptors (Lipinski definition) is 3. The molecule has 0 saturated carbocycles. The molecule has 0 spiro atoms. The Hall–Kier alpha value is -2.67. The highest BCUT2D eigenvalue weighted by atomic mass is 16.3. The third kappa shape index (κ3) is 2.89. The molecule has 0 fully saturated rings. The first-order chi connectivity index (χ1) is 8.28. The lowest BCUT2D eigenvalue weighted by molar-refractivity contribution is 0.355. The summed E-state index contributed by atoms with van der Waals surface area (Å²) in [6.45, 7) is 0. The molecule has 2 aromatic carbocycles. The first-order valence-electron chi connectivity index (χ1n) is 4.97. The summed E-state index contributed by atoms with van der Waals surface area (Å²) < 4.78 is 0. The lowest BCUT2D eigenvalue weighted by Gasteiger charge is -1.93. The molecule has 0 aliphatic rings. The van der Waals surface area contributed by atoms with Crippen molar-refractivity contribution in [3.63, 3.8) is 0 Å². The average Bonchev–Trinajstić information content (AvgIpc) is 2.39. The second-order valence-corrected chi connectivity index (χ2v) is 3.35. The third-order valence-corrected chi connectivity index (χ3v) is 2.11. The number of benzene rings is 2. The molecule has 0 N–H and O–H groups in total. The van der Waals surface area contributed by atoms with E-state index in [2.05, 4.69) is 10.2 Å². The van der Waals surface area contributed by atoms with Crippen LogP contribution in [0.4, 0.5) is 11.4 Å². The molecular formula is C13H8N3O. The largest absolute Gasteiger partial charge is 0.290 e. The van der Waals surface area contributed by atoms with Gasteiger partial charge < -0.3 is 0 Å². The highest BCUT2D eigenvalue weighted by Gasteiger charge is 1.93. The number of nitriles is 1. The SMILES string of the molecule is N#Cc1ccc(/N=N/c2ccc([O])cc2)cc1. The van der Waals surface area contributed by atoms with Gasteiger partial charge >= 0.3 is 0 Å². The van der Waals surface area contributed by atoms with Crippen LogP contribution >= 0.6 is 0 Å². The normalized spacial score (nSPS) is 10.3. The Morgan fingerprint density at radius 2 is 1.29 bits per heavy atom. The molecule has 0 aliphatic heterocycles. The van der Waals surface area contributed by atoms with Crippen molar-refractivity contribution in [2.75, 3.05) is 0 Å². The van der Waals surface area contributed by atoms with Gasteiger partial charge in [0.15, 0.2) is 5.75 Å². The fraction of sp³-hybridized carbons (Fsp3) is 0. The zero-order valence-electron chi connectivity index (χ0n) is 8.87. The minimum atomic E-state index is -0.0534. The van der Waals surface area contributed by atoms with E-state index in [0.29, 0.717) is 16.9 Å². The minimum absolute atomic E-state index is 0.0534. The molecular weight excluding hydrogens is 214 g/mol. The first-order valence-corrected chi connectivity index (χ1v) is 4.97. The summed E-state index contributed by atoms with van der Waals surface area (Å²) in [5.74, 6) is -0.0534. The maximum Gasteiger partial charge on any atom is 0.178 e. The molecule has 0 saturated heterocycles. The van der Waals surface area contributed by atoms with Crippen molar-refractivity contribution in [1.82, 2.24) is 0 Å². The Morgan fingerprint density at radius 3 is 1.76 bits per heavy atom. The summed E-state index contributed by atoms with van der Waals surface area (Å²) in [4.78, 5) is 0. The smallest absolute Gasteiger partial charge is 0.178 e. The van der Waals surface area contributed by atoms with E-state index in [4.69, 9.17) is 5.26 Å². The highest BCUT2D eigenvalue weighted by Crippen LogP contribution is 2.20. The second-order valence-electron chi connectivity index (χ2n) is 3.35. The maximum absolute atomic E-state index is 10.9. The van der Waals surface area contributed by atoms with Gasteiger partial charge in [0.2, 0.25) is 0 Å². The molecule has 0 aliphatic carbocycles. The van der Waals surface area contributed by atoms with Crippen molar-refractivity contribution >= 4 is 11.4 Å². The van der Waals surface area contributed by atoms with E-state index in [1.54, 1.807) is 36.4 Å². The summed E-state index contributed by atoms with van der Waals surface area (Å²) in [5.41, 5.74) is 1.86. The van der Waals surface area contributed by atoms with E-state index in [0.717, 1.165) is 0 Å². The molecule has 17 heavy (non-hydrogen) atoms.